The summed E-state index contributed by atoms with van der Waals surface area (Å²) in [5.41, 5.74) is 2.06. The van der Waals surface area contributed by atoms with Gasteiger partial charge in [-0.3, -0.25) is 9.59 Å². The van der Waals surface area contributed by atoms with Crippen LogP contribution >= 0.6 is 0 Å². The van der Waals surface area contributed by atoms with E-state index in [9.17, 15) is 9.59 Å². The van der Waals surface area contributed by atoms with Gasteiger partial charge in [-0.15, -0.1) is 0 Å². The molecule has 2 amide bonds. The minimum atomic E-state index is -0.0109. The molecule has 5 nitrogen and oxygen atoms in total. The van der Waals surface area contributed by atoms with Crippen molar-refractivity contribution >= 4 is 11.8 Å². The third-order valence-corrected chi connectivity index (χ3v) is 5.75. The fourth-order valence-electron chi connectivity index (χ4n) is 4.12. The van der Waals surface area contributed by atoms with E-state index in [0.29, 0.717) is 11.7 Å². The van der Waals surface area contributed by atoms with Crippen LogP contribution in [0.25, 0.3) is 0 Å². The fourth-order valence-corrected chi connectivity index (χ4v) is 4.12. The van der Waals surface area contributed by atoms with Crippen LogP contribution in [0.1, 0.15) is 52.2 Å². The standard InChI is InChI=1S/C22H26N2O3/c25-21(23-11-1-2-12-23)19-7-5-17(6-8-19)16-18-9-13-24(14-10-18)22(26)20-4-3-15-27-20/h3-8,15,18H,1-2,9-14,16H2. The predicted octanol–water partition coefficient (Wildman–Crippen LogP) is 3.61. The molecule has 0 bridgehead atoms. The van der Waals surface area contributed by atoms with Gasteiger partial charge in [0.2, 0.25) is 0 Å². The number of piperidine rings is 1. The Labute approximate surface area is 159 Å². The minimum Gasteiger partial charge on any atom is -0.459 e. The van der Waals surface area contributed by atoms with E-state index in [1.165, 1.54) is 11.8 Å². The Morgan fingerprint density at radius 2 is 1.56 bits per heavy atom. The van der Waals surface area contributed by atoms with Crippen LogP contribution in [0.4, 0.5) is 0 Å². The number of amides is 2. The molecule has 4 rings (SSSR count). The van der Waals surface area contributed by atoms with Gasteiger partial charge in [0.15, 0.2) is 5.76 Å². The zero-order chi connectivity index (χ0) is 18.6. The topological polar surface area (TPSA) is 53.8 Å². The Hall–Kier alpha value is -2.56. The van der Waals surface area contributed by atoms with Crippen molar-refractivity contribution < 1.29 is 14.0 Å². The Bertz CT molecular complexity index is 768. The van der Waals surface area contributed by atoms with Gasteiger partial charge in [-0.25, -0.2) is 0 Å². The average Bonchev–Trinajstić information content (AvgIpc) is 3.42. The van der Waals surface area contributed by atoms with E-state index >= 15 is 0 Å². The molecule has 0 aliphatic carbocycles. The van der Waals surface area contributed by atoms with Crippen LogP contribution in [0.3, 0.4) is 0 Å². The molecule has 0 radical (unpaired) electrons. The van der Waals surface area contributed by atoms with Crippen LogP contribution in [0, 0.1) is 5.92 Å². The molecule has 5 heteroatoms. The van der Waals surface area contributed by atoms with Gasteiger partial charge in [0.05, 0.1) is 6.26 Å². The molecule has 3 heterocycles. The molecule has 0 spiro atoms. The maximum Gasteiger partial charge on any atom is 0.289 e. The van der Waals surface area contributed by atoms with E-state index < -0.39 is 0 Å². The second-order valence-corrected chi connectivity index (χ2v) is 7.61. The largest absolute Gasteiger partial charge is 0.459 e. The molecule has 2 saturated heterocycles. The van der Waals surface area contributed by atoms with Crippen LogP contribution in [-0.4, -0.2) is 47.8 Å². The number of hydrogen-bond donors (Lipinski definition) is 0. The van der Waals surface area contributed by atoms with Gasteiger partial charge in [0.25, 0.3) is 11.8 Å². The summed E-state index contributed by atoms with van der Waals surface area (Å²) >= 11 is 0. The zero-order valence-electron chi connectivity index (χ0n) is 15.6. The maximum absolute atomic E-state index is 12.4. The summed E-state index contributed by atoms with van der Waals surface area (Å²) in [7, 11) is 0. The quantitative estimate of drug-likeness (QED) is 0.831. The molecule has 2 fully saturated rings. The first-order valence-electron chi connectivity index (χ1n) is 9.92. The summed E-state index contributed by atoms with van der Waals surface area (Å²) in [6.45, 7) is 3.32. The summed E-state index contributed by atoms with van der Waals surface area (Å²) in [5, 5.41) is 0. The number of rotatable bonds is 4. The van der Waals surface area contributed by atoms with Crippen LogP contribution in [-0.2, 0) is 6.42 Å². The maximum atomic E-state index is 12.4. The van der Waals surface area contributed by atoms with Gasteiger partial charge < -0.3 is 14.2 Å². The van der Waals surface area contributed by atoms with Crippen LogP contribution in [0.2, 0.25) is 0 Å². The Morgan fingerprint density at radius 3 is 2.19 bits per heavy atom. The fraction of sp³-hybridized carbons (Fsp3) is 0.455. The number of nitrogens with zero attached hydrogens (tertiary/aromatic N) is 2. The van der Waals surface area contributed by atoms with E-state index in [-0.39, 0.29) is 11.8 Å². The molecular weight excluding hydrogens is 340 g/mol. The monoisotopic (exact) mass is 366 g/mol. The number of furan rings is 1. The normalized spacial score (nSPS) is 18.1. The zero-order valence-corrected chi connectivity index (χ0v) is 15.6. The van der Waals surface area contributed by atoms with Crippen molar-refractivity contribution in [3.63, 3.8) is 0 Å². The molecule has 2 aliphatic rings. The number of carbonyl (C=O) groups excluding carboxylic acids is 2. The van der Waals surface area contributed by atoms with Gasteiger partial charge in [0, 0.05) is 31.7 Å². The number of hydrogen-bond acceptors (Lipinski definition) is 3. The third-order valence-electron chi connectivity index (χ3n) is 5.75. The molecule has 1 aromatic heterocycles. The predicted molar refractivity (Wildman–Crippen MR) is 103 cm³/mol. The number of likely N-dealkylation sites (tertiary alicyclic amines) is 2. The molecule has 2 aromatic rings. The summed E-state index contributed by atoms with van der Waals surface area (Å²) in [5.74, 6) is 1.14. The van der Waals surface area contributed by atoms with Crippen LogP contribution in [0.15, 0.2) is 47.1 Å². The summed E-state index contributed by atoms with van der Waals surface area (Å²) in [4.78, 5) is 28.6. The van der Waals surface area contributed by atoms with E-state index in [1.54, 1.807) is 12.1 Å². The van der Waals surface area contributed by atoms with Crippen molar-refractivity contribution in [2.45, 2.75) is 32.1 Å². The highest BCUT2D eigenvalue weighted by atomic mass is 16.3. The average molecular weight is 366 g/mol. The highest BCUT2D eigenvalue weighted by Gasteiger charge is 2.25. The lowest BCUT2D eigenvalue weighted by atomic mass is 9.90. The SMILES string of the molecule is O=C(c1ccc(CC2CCN(C(=O)c3ccco3)CC2)cc1)N1CCCC1. The first-order valence-corrected chi connectivity index (χ1v) is 9.92. The van der Waals surface area contributed by atoms with E-state index in [4.69, 9.17) is 4.42 Å². The molecule has 27 heavy (non-hydrogen) atoms. The summed E-state index contributed by atoms with van der Waals surface area (Å²) in [6, 6.07) is 11.6. The highest BCUT2D eigenvalue weighted by molar-refractivity contribution is 5.94. The Kier molecular flexibility index (Phi) is 5.28. The number of benzene rings is 1. The Balaban J connectivity index is 1.29. The highest BCUT2D eigenvalue weighted by Crippen LogP contribution is 2.23. The first kappa shape index (κ1) is 17.8. The second kappa shape index (κ2) is 7.99. The second-order valence-electron chi connectivity index (χ2n) is 7.61. The van der Waals surface area contributed by atoms with E-state index in [1.807, 2.05) is 21.9 Å². The van der Waals surface area contributed by atoms with Crippen molar-refractivity contribution in [1.82, 2.24) is 9.80 Å². The summed E-state index contributed by atoms with van der Waals surface area (Å²) in [6.07, 6.45) is 6.77. The van der Waals surface area contributed by atoms with Gasteiger partial charge in [-0.2, -0.15) is 0 Å². The van der Waals surface area contributed by atoms with Crippen molar-refractivity contribution in [3.8, 4) is 0 Å². The Morgan fingerprint density at radius 1 is 0.889 bits per heavy atom. The minimum absolute atomic E-state index is 0.0109. The molecule has 142 valence electrons. The lowest BCUT2D eigenvalue weighted by Crippen LogP contribution is -2.38. The van der Waals surface area contributed by atoms with E-state index in [0.717, 1.165) is 63.8 Å². The van der Waals surface area contributed by atoms with Gasteiger partial charge in [-0.1, -0.05) is 12.1 Å². The molecule has 0 atom stereocenters. The number of carbonyl (C=O) groups is 2. The van der Waals surface area contributed by atoms with Gasteiger partial charge in [0.1, 0.15) is 0 Å². The lowest BCUT2D eigenvalue weighted by Gasteiger charge is -2.31. The van der Waals surface area contributed by atoms with Crippen LogP contribution in [0.5, 0.6) is 0 Å². The van der Waals surface area contributed by atoms with Crippen molar-refractivity contribution in [2.75, 3.05) is 26.2 Å². The van der Waals surface area contributed by atoms with Crippen molar-refractivity contribution in [2.24, 2.45) is 5.92 Å². The lowest BCUT2D eigenvalue weighted by molar-refractivity contribution is 0.0658. The van der Waals surface area contributed by atoms with Gasteiger partial charge in [-0.05, 0) is 67.9 Å². The smallest absolute Gasteiger partial charge is 0.289 e. The molecular formula is C22H26N2O3. The molecule has 1 aromatic carbocycles. The first-order chi connectivity index (χ1) is 13.2. The molecule has 0 saturated carbocycles. The summed E-state index contributed by atoms with van der Waals surface area (Å²) < 4.78 is 5.22. The third kappa shape index (κ3) is 4.07. The molecule has 0 unspecified atom stereocenters. The van der Waals surface area contributed by atoms with E-state index in [2.05, 4.69) is 12.1 Å². The van der Waals surface area contributed by atoms with Gasteiger partial charge >= 0.3 is 0 Å². The van der Waals surface area contributed by atoms with Crippen molar-refractivity contribution in [3.05, 3.63) is 59.5 Å². The van der Waals surface area contributed by atoms with Crippen molar-refractivity contribution in [1.29, 1.82) is 0 Å². The molecule has 2 aliphatic heterocycles. The van der Waals surface area contributed by atoms with Crippen LogP contribution < -0.4 is 0 Å². The molecule has 0 N–H and O–H groups in total.